The van der Waals surface area contributed by atoms with Gasteiger partial charge < -0.3 is 24.6 Å². The summed E-state index contributed by atoms with van der Waals surface area (Å²) < 4.78 is 16.5. The minimum Gasteiger partial charge on any atom is -0.487 e. The van der Waals surface area contributed by atoms with E-state index < -0.39 is 0 Å². The summed E-state index contributed by atoms with van der Waals surface area (Å²) in [6.45, 7) is 2.68. The van der Waals surface area contributed by atoms with Gasteiger partial charge in [-0.1, -0.05) is 12.0 Å². The van der Waals surface area contributed by atoms with E-state index >= 15 is 0 Å². The Labute approximate surface area is 169 Å². The lowest BCUT2D eigenvalue weighted by atomic mass is 10.2. The summed E-state index contributed by atoms with van der Waals surface area (Å²) >= 11 is 0. The predicted octanol–water partition coefficient (Wildman–Crippen LogP) is 3.14. The van der Waals surface area contributed by atoms with Crippen LogP contribution in [0, 0.1) is 11.8 Å². The molecule has 29 heavy (non-hydrogen) atoms. The maximum atomic E-state index is 9.08. The van der Waals surface area contributed by atoms with Gasteiger partial charge in [0.1, 0.15) is 25.4 Å². The first-order valence-electron chi connectivity index (χ1n) is 9.19. The molecule has 1 aromatic heterocycles. The number of fused-ring (bicyclic) bond motifs is 1. The molecule has 0 amide bonds. The third-order valence-electron chi connectivity index (χ3n) is 3.99. The Kier molecular flexibility index (Phi) is 7.22. The molecule has 3 aromatic rings. The SMILES string of the molecule is CC#Cc1cccc(Nc2ncnc3cc(OCCO)c(OCCOC)cc23)c1. The van der Waals surface area contributed by atoms with Crippen molar-refractivity contribution < 1.29 is 19.3 Å². The molecule has 2 N–H and O–H groups in total. The first-order chi connectivity index (χ1) is 14.2. The highest BCUT2D eigenvalue weighted by Crippen LogP contribution is 2.35. The zero-order valence-electron chi connectivity index (χ0n) is 16.4. The predicted molar refractivity (Wildman–Crippen MR) is 112 cm³/mol. The fourth-order valence-corrected chi connectivity index (χ4v) is 2.74. The molecule has 0 saturated carbocycles. The second kappa shape index (κ2) is 10.3. The van der Waals surface area contributed by atoms with Crippen LogP contribution in [0.5, 0.6) is 11.5 Å². The third-order valence-corrected chi connectivity index (χ3v) is 3.99. The molecule has 7 heteroatoms. The zero-order valence-corrected chi connectivity index (χ0v) is 16.4. The number of ether oxygens (including phenoxy) is 3. The van der Waals surface area contributed by atoms with Crippen LogP contribution in [0.25, 0.3) is 10.9 Å². The van der Waals surface area contributed by atoms with Gasteiger partial charge in [0.05, 0.1) is 18.7 Å². The summed E-state index contributed by atoms with van der Waals surface area (Å²) in [6.07, 6.45) is 1.49. The summed E-state index contributed by atoms with van der Waals surface area (Å²) in [6, 6.07) is 11.4. The second-order valence-electron chi connectivity index (χ2n) is 6.03. The summed E-state index contributed by atoms with van der Waals surface area (Å²) in [5.74, 6) is 7.62. The Morgan fingerprint density at radius 2 is 1.86 bits per heavy atom. The first kappa shape index (κ1) is 20.4. The third kappa shape index (κ3) is 5.35. The maximum absolute atomic E-state index is 9.08. The topological polar surface area (TPSA) is 85.7 Å². The Morgan fingerprint density at radius 3 is 2.66 bits per heavy atom. The molecule has 0 aliphatic rings. The highest BCUT2D eigenvalue weighted by molar-refractivity contribution is 5.93. The Hall–Kier alpha value is -3.34. The zero-order chi connectivity index (χ0) is 20.5. The minimum absolute atomic E-state index is 0.0941. The Morgan fingerprint density at radius 1 is 1.03 bits per heavy atom. The van der Waals surface area contributed by atoms with Crippen molar-refractivity contribution in [3.63, 3.8) is 0 Å². The van der Waals surface area contributed by atoms with Crippen molar-refractivity contribution in [3.05, 3.63) is 48.3 Å². The van der Waals surface area contributed by atoms with Crippen molar-refractivity contribution in [2.45, 2.75) is 6.92 Å². The smallest absolute Gasteiger partial charge is 0.163 e. The monoisotopic (exact) mass is 393 g/mol. The number of nitrogens with one attached hydrogen (secondary N) is 1. The van der Waals surface area contributed by atoms with Crippen LogP contribution >= 0.6 is 0 Å². The van der Waals surface area contributed by atoms with Crippen molar-refractivity contribution in [1.82, 2.24) is 9.97 Å². The number of aromatic nitrogens is 2. The fraction of sp³-hybridized carbons (Fsp3) is 0.273. The van der Waals surface area contributed by atoms with Gasteiger partial charge in [0.15, 0.2) is 11.5 Å². The summed E-state index contributed by atoms with van der Waals surface area (Å²) in [5, 5.41) is 13.2. The molecule has 0 atom stereocenters. The van der Waals surface area contributed by atoms with Crippen LogP contribution in [0.15, 0.2) is 42.7 Å². The van der Waals surface area contributed by atoms with Gasteiger partial charge in [-0.25, -0.2) is 9.97 Å². The summed E-state index contributed by atoms with van der Waals surface area (Å²) in [4.78, 5) is 8.73. The van der Waals surface area contributed by atoms with Gasteiger partial charge in [0.2, 0.25) is 0 Å². The van der Waals surface area contributed by atoms with Gasteiger partial charge in [0, 0.05) is 29.8 Å². The van der Waals surface area contributed by atoms with E-state index in [9.17, 15) is 0 Å². The minimum atomic E-state index is -0.0941. The number of aliphatic hydroxyl groups is 1. The number of hydrogen-bond acceptors (Lipinski definition) is 7. The van der Waals surface area contributed by atoms with Crippen LogP contribution in [-0.2, 0) is 4.74 Å². The molecule has 0 aliphatic carbocycles. The second-order valence-corrected chi connectivity index (χ2v) is 6.03. The van der Waals surface area contributed by atoms with Crippen LogP contribution in [0.3, 0.4) is 0 Å². The van der Waals surface area contributed by atoms with Gasteiger partial charge in [-0.05, 0) is 31.2 Å². The number of nitrogens with zero attached hydrogens (tertiary/aromatic N) is 2. The number of aliphatic hydroxyl groups excluding tert-OH is 1. The van der Waals surface area contributed by atoms with E-state index in [0.717, 1.165) is 16.6 Å². The average molecular weight is 393 g/mol. The summed E-state index contributed by atoms with van der Waals surface area (Å²) in [7, 11) is 1.61. The van der Waals surface area contributed by atoms with Gasteiger partial charge in [-0.2, -0.15) is 0 Å². The highest BCUT2D eigenvalue weighted by Gasteiger charge is 2.13. The number of benzene rings is 2. The lowest BCUT2D eigenvalue weighted by Crippen LogP contribution is -2.08. The van der Waals surface area contributed by atoms with Gasteiger partial charge >= 0.3 is 0 Å². The Bertz CT molecular complexity index is 1030. The fourth-order valence-electron chi connectivity index (χ4n) is 2.74. The van der Waals surface area contributed by atoms with Crippen molar-refractivity contribution in [2.24, 2.45) is 0 Å². The van der Waals surface area contributed by atoms with E-state index in [2.05, 4.69) is 27.1 Å². The quantitative estimate of drug-likeness (QED) is 0.427. The molecule has 0 saturated heterocycles. The van der Waals surface area contributed by atoms with Crippen molar-refractivity contribution in [1.29, 1.82) is 0 Å². The molecule has 2 aromatic carbocycles. The van der Waals surface area contributed by atoms with E-state index in [1.54, 1.807) is 20.1 Å². The molecule has 0 fully saturated rings. The van der Waals surface area contributed by atoms with Crippen LogP contribution in [0.2, 0.25) is 0 Å². The molecule has 0 bridgehead atoms. The first-order valence-corrected chi connectivity index (χ1v) is 9.19. The maximum Gasteiger partial charge on any atom is 0.163 e. The van der Waals surface area contributed by atoms with E-state index in [1.165, 1.54) is 6.33 Å². The molecule has 0 radical (unpaired) electrons. The van der Waals surface area contributed by atoms with Gasteiger partial charge in [0.25, 0.3) is 0 Å². The van der Waals surface area contributed by atoms with E-state index in [4.69, 9.17) is 19.3 Å². The van der Waals surface area contributed by atoms with E-state index in [0.29, 0.717) is 36.0 Å². The normalized spacial score (nSPS) is 10.3. The van der Waals surface area contributed by atoms with Crippen molar-refractivity contribution in [2.75, 3.05) is 38.9 Å². The van der Waals surface area contributed by atoms with Gasteiger partial charge in [-0.15, -0.1) is 5.92 Å². The summed E-state index contributed by atoms with van der Waals surface area (Å²) in [5.41, 5.74) is 2.48. The van der Waals surface area contributed by atoms with Crippen LogP contribution in [-0.4, -0.2) is 48.6 Å². The molecule has 0 aliphatic heterocycles. The van der Waals surface area contributed by atoms with E-state index in [1.807, 2.05) is 30.3 Å². The lowest BCUT2D eigenvalue weighted by Gasteiger charge is -2.15. The largest absolute Gasteiger partial charge is 0.487 e. The molecule has 3 rings (SSSR count). The van der Waals surface area contributed by atoms with Crippen molar-refractivity contribution >= 4 is 22.4 Å². The number of anilines is 2. The number of hydrogen-bond donors (Lipinski definition) is 2. The number of methoxy groups -OCH3 is 1. The molecule has 0 spiro atoms. The molecule has 1 heterocycles. The molecule has 7 nitrogen and oxygen atoms in total. The highest BCUT2D eigenvalue weighted by atomic mass is 16.5. The molecule has 150 valence electrons. The van der Waals surface area contributed by atoms with Gasteiger partial charge in [-0.3, -0.25) is 0 Å². The molecule has 0 unspecified atom stereocenters. The molecular weight excluding hydrogens is 370 g/mol. The van der Waals surface area contributed by atoms with Crippen LogP contribution in [0.1, 0.15) is 12.5 Å². The molecular formula is C22H23N3O4. The lowest BCUT2D eigenvalue weighted by molar-refractivity contribution is 0.141. The van der Waals surface area contributed by atoms with E-state index in [-0.39, 0.29) is 13.2 Å². The average Bonchev–Trinajstić information content (AvgIpc) is 2.73. The van der Waals surface area contributed by atoms with Crippen LogP contribution < -0.4 is 14.8 Å². The standard InChI is InChI=1S/C22H23N3O4/c1-3-5-16-6-4-7-17(12-16)25-22-18-13-20(29-11-10-27-2)21(28-9-8-26)14-19(18)23-15-24-22/h4,6-7,12-15,26H,8-11H2,1-2H3,(H,23,24,25). The number of rotatable bonds is 9. The van der Waals surface area contributed by atoms with Crippen LogP contribution in [0.4, 0.5) is 11.5 Å². The van der Waals surface area contributed by atoms with Crippen molar-refractivity contribution in [3.8, 4) is 23.3 Å². The Balaban J connectivity index is 1.97.